The van der Waals surface area contributed by atoms with Gasteiger partial charge in [0.25, 0.3) is 10.0 Å². The number of nitrogens with one attached hydrogen (secondary N) is 1. The number of sulfonamides is 2. The largest absolute Gasteiger partial charge is 0.490 e. The number of nitrogens with zero attached hydrogens (tertiary/aromatic N) is 1. The van der Waals surface area contributed by atoms with Gasteiger partial charge in [-0.2, -0.15) is 4.31 Å². The van der Waals surface area contributed by atoms with E-state index in [0.717, 1.165) is 0 Å². The summed E-state index contributed by atoms with van der Waals surface area (Å²) in [6.45, 7) is 5.52. The number of rotatable bonds is 9. The van der Waals surface area contributed by atoms with Crippen LogP contribution in [0.4, 0.5) is 5.69 Å². The maximum Gasteiger partial charge on any atom is 0.262 e. The molecule has 1 fully saturated rings. The number of benzene rings is 2. The highest BCUT2D eigenvalue weighted by Gasteiger charge is 2.27. The van der Waals surface area contributed by atoms with E-state index in [-0.39, 0.29) is 28.6 Å². The zero-order chi connectivity index (χ0) is 22.5. The predicted molar refractivity (Wildman–Crippen MR) is 116 cm³/mol. The Morgan fingerprint density at radius 3 is 2.26 bits per heavy atom. The molecule has 0 aliphatic carbocycles. The van der Waals surface area contributed by atoms with Gasteiger partial charge in [-0.3, -0.25) is 4.72 Å². The monoisotopic (exact) mass is 470 g/mol. The first-order chi connectivity index (χ1) is 14.8. The Balaban J connectivity index is 1.87. The van der Waals surface area contributed by atoms with Crippen LogP contribution in [0.3, 0.4) is 0 Å². The lowest BCUT2D eigenvalue weighted by atomic mass is 10.3. The molecule has 2 aromatic carbocycles. The number of hydrogen-bond donors (Lipinski definition) is 1. The molecule has 9 nitrogen and oxygen atoms in total. The summed E-state index contributed by atoms with van der Waals surface area (Å²) in [5, 5.41) is 0. The van der Waals surface area contributed by atoms with Crippen molar-refractivity contribution in [3.8, 4) is 11.5 Å². The standard InChI is InChI=1S/C20H26N2O7S2/c1-3-28-19-9-8-17(15-20(19)29-4-2)30(23,24)21-16-6-5-7-18(14-16)31(25,26)22-10-12-27-13-11-22/h5-9,14-15,21H,3-4,10-13H2,1-2H3. The molecular formula is C20H26N2O7S2. The molecule has 1 aliphatic rings. The second-order valence-electron chi connectivity index (χ2n) is 6.62. The fourth-order valence-electron chi connectivity index (χ4n) is 3.07. The van der Waals surface area contributed by atoms with Crippen LogP contribution in [-0.4, -0.2) is 60.7 Å². The molecule has 0 amide bonds. The summed E-state index contributed by atoms with van der Waals surface area (Å²) in [5.74, 6) is 0.762. The van der Waals surface area contributed by atoms with Crippen molar-refractivity contribution in [2.45, 2.75) is 23.6 Å². The molecule has 0 aromatic heterocycles. The Kier molecular flexibility index (Phi) is 7.42. The lowest BCUT2D eigenvalue weighted by molar-refractivity contribution is 0.0730. The molecule has 31 heavy (non-hydrogen) atoms. The Hall–Kier alpha value is -2.34. The highest BCUT2D eigenvalue weighted by molar-refractivity contribution is 7.92. The van der Waals surface area contributed by atoms with Crippen molar-refractivity contribution in [1.29, 1.82) is 0 Å². The Morgan fingerprint density at radius 2 is 1.58 bits per heavy atom. The van der Waals surface area contributed by atoms with Gasteiger partial charge >= 0.3 is 0 Å². The molecule has 170 valence electrons. The molecule has 0 atom stereocenters. The zero-order valence-electron chi connectivity index (χ0n) is 17.4. The minimum Gasteiger partial charge on any atom is -0.490 e. The molecule has 1 N–H and O–H groups in total. The van der Waals surface area contributed by atoms with Gasteiger partial charge < -0.3 is 14.2 Å². The molecule has 0 bridgehead atoms. The van der Waals surface area contributed by atoms with E-state index in [1.165, 1.54) is 46.8 Å². The number of ether oxygens (including phenoxy) is 3. The molecule has 0 unspecified atom stereocenters. The fraction of sp³-hybridized carbons (Fsp3) is 0.400. The molecule has 11 heteroatoms. The normalized spacial score (nSPS) is 15.4. The van der Waals surface area contributed by atoms with Gasteiger partial charge in [0.15, 0.2) is 11.5 Å². The van der Waals surface area contributed by atoms with Crippen LogP contribution in [0.5, 0.6) is 11.5 Å². The van der Waals surface area contributed by atoms with Crippen molar-refractivity contribution in [3.05, 3.63) is 42.5 Å². The van der Waals surface area contributed by atoms with Gasteiger partial charge in [0.1, 0.15) is 0 Å². The average molecular weight is 471 g/mol. The molecule has 3 rings (SSSR count). The smallest absolute Gasteiger partial charge is 0.262 e. The summed E-state index contributed by atoms with van der Waals surface area (Å²) in [7, 11) is -7.74. The van der Waals surface area contributed by atoms with Crippen LogP contribution in [0.1, 0.15) is 13.8 Å². The van der Waals surface area contributed by atoms with E-state index in [4.69, 9.17) is 14.2 Å². The number of hydrogen-bond acceptors (Lipinski definition) is 7. The SMILES string of the molecule is CCOc1ccc(S(=O)(=O)Nc2cccc(S(=O)(=O)N3CCOCC3)c2)cc1OCC. The van der Waals surface area contributed by atoms with Crippen LogP contribution in [-0.2, 0) is 24.8 Å². The van der Waals surface area contributed by atoms with Gasteiger partial charge in [0.2, 0.25) is 10.0 Å². The number of morpholine rings is 1. The highest BCUT2D eigenvalue weighted by Crippen LogP contribution is 2.31. The first-order valence-electron chi connectivity index (χ1n) is 9.88. The van der Waals surface area contributed by atoms with E-state index >= 15 is 0 Å². The minimum absolute atomic E-state index is 0.0105. The van der Waals surface area contributed by atoms with Gasteiger partial charge in [-0.1, -0.05) is 6.07 Å². The van der Waals surface area contributed by atoms with Crippen LogP contribution in [0.2, 0.25) is 0 Å². The summed E-state index contributed by atoms with van der Waals surface area (Å²) < 4.78 is 71.4. The number of anilines is 1. The lowest BCUT2D eigenvalue weighted by Crippen LogP contribution is -2.40. The van der Waals surface area contributed by atoms with Crippen LogP contribution in [0.15, 0.2) is 52.3 Å². The average Bonchev–Trinajstić information content (AvgIpc) is 2.76. The van der Waals surface area contributed by atoms with E-state index in [0.29, 0.717) is 37.9 Å². The summed E-state index contributed by atoms with van der Waals surface area (Å²) in [6.07, 6.45) is 0. The third-order valence-electron chi connectivity index (χ3n) is 4.52. The third kappa shape index (κ3) is 5.48. The minimum atomic E-state index is -3.99. The third-order valence-corrected chi connectivity index (χ3v) is 7.79. The summed E-state index contributed by atoms with van der Waals surface area (Å²) in [5.41, 5.74) is 0.140. The Labute approximate surface area is 183 Å². The maximum absolute atomic E-state index is 12.9. The Morgan fingerprint density at radius 1 is 0.903 bits per heavy atom. The first-order valence-corrected chi connectivity index (χ1v) is 12.8. The Bertz CT molecular complexity index is 1110. The van der Waals surface area contributed by atoms with Crippen LogP contribution in [0, 0.1) is 0 Å². The molecule has 1 saturated heterocycles. The molecule has 0 saturated carbocycles. The van der Waals surface area contributed by atoms with Gasteiger partial charge in [-0.25, -0.2) is 16.8 Å². The van der Waals surface area contributed by atoms with Crippen molar-refractivity contribution in [2.75, 3.05) is 44.2 Å². The molecule has 0 spiro atoms. The topological polar surface area (TPSA) is 111 Å². The van der Waals surface area contributed by atoms with Crippen LogP contribution in [0.25, 0.3) is 0 Å². The first kappa shape index (κ1) is 23.3. The lowest BCUT2D eigenvalue weighted by Gasteiger charge is -2.26. The highest BCUT2D eigenvalue weighted by atomic mass is 32.2. The van der Waals surface area contributed by atoms with Crippen molar-refractivity contribution in [1.82, 2.24) is 4.31 Å². The van der Waals surface area contributed by atoms with E-state index in [1.54, 1.807) is 6.92 Å². The molecule has 1 heterocycles. The van der Waals surface area contributed by atoms with Crippen molar-refractivity contribution in [3.63, 3.8) is 0 Å². The van der Waals surface area contributed by atoms with Crippen molar-refractivity contribution in [2.24, 2.45) is 0 Å². The summed E-state index contributed by atoms with van der Waals surface area (Å²) in [6, 6.07) is 10.0. The van der Waals surface area contributed by atoms with E-state index in [1.807, 2.05) is 6.92 Å². The van der Waals surface area contributed by atoms with Gasteiger partial charge in [-0.05, 0) is 44.2 Å². The van der Waals surface area contributed by atoms with Gasteiger partial charge in [0.05, 0.1) is 41.9 Å². The van der Waals surface area contributed by atoms with Crippen molar-refractivity contribution < 1.29 is 31.0 Å². The quantitative estimate of drug-likeness (QED) is 0.599. The second-order valence-corrected chi connectivity index (χ2v) is 10.2. The van der Waals surface area contributed by atoms with E-state index in [9.17, 15) is 16.8 Å². The zero-order valence-corrected chi connectivity index (χ0v) is 19.0. The molecule has 0 radical (unpaired) electrons. The fourth-order valence-corrected chi connectivity index (χ4v) is 5.59. The van der Waals surface area contributed by atoms with Crippen LogP contribution < -0.4 is 14.2 Å². The van der Waals surface area contributed by atoms with Gasteiger partial charge in [0, 0.05) is 19.2 Å². The molecular weight excluding hydrogens is 444 g/mol. The summed E-state index contributed by atoms with van der Waals surface area (Å²) >= 11 is 0. The van der Waals surface area contributed by atoms with Crippen molar-refractivity contribution >= 4 is 25.7 Å². The van der Waals surface area contributed by atoms with Gasteiger partial charge in [-0.15, -0.1) is 0 Å². The van der Waals surface area contributed by atoms with E-state index in [2.05, 4.69) is 4.72 Å². The maximum atomic E-state index is 12.9. The predicted octanol–water partition coefficient (Wildman–Crippen LogP) is 2.31. The summed E-state index contributed by atoms with van der Waals surface area (Å²) in [4.78, 5) is -0.0165. The molecule has 2 aromatic rings. The van der Waals surface area contributed by atoms with Crippen LogP contribution >= 0.6 is 0 Å². The van der Waals surface area contributed by atoms with E-state index < -0.39 is 20.0 Å². The second kappa shape index (κ2) is 9.86. The molecule has 1 aliphatic heterocycles.